The molecule has 66 valence electrons. The number of hydrogen-bond donors (Lipinski definition) is 1. The molecule has 5 heteroatoms. The number of pyridine rings is 1. The van der Waals surface area contributed by atoms with E-state index in [1.807, 2.05) is 0 Å². The van der Waals surface area contributed by atoms with Crippen molar-refractivity contribution in [2.24, 2.45) is 0 Å². The minimum absolute atomic E-state index is 0.226. The number of alkyl halides is 2. The third kappa shape index (κ3) is 1.55. The van der Waals surface area contributed by atoms with Crippen molar-refractivity contribution in [1.82, 2.24) is 4.98 Å². The second-order valence-corrected chi connectivity index (χ2v) is 3.13. The van der Waals surface area contributed by atoms with Gasteiger partial charge in [0.25, 0.3) is 6.43 Å². The van der Waals surface area contributed by atoms with Crippen LogP contribution in [-0.2, 0) is 0 Å². The Balaban J connectivity index is 3.27. The molecule has 0 saturated carbocycles. The van der Waals surface area contributed by atoms with E-state index in [0.29, 0.717) is 15.7 Å². The van der Waals surface area contributed by atoms with Crippen molar-refractivity contribution in [3.8, 4) is 0 Å². The second kappa shape index (κ2) is 3.35. The molecule has 0 fully saturated rings. The highest BCUT2D eigenvalue weighted by atomic mass is 79.9. The van der Waals surface area contributed by atoms with Gasteiger partial charge in [-0.1, -0.05) is 0 Å². The fourth-order valence-electron chi connectivity index (χ4n) is 0.842. The molecule has 1 heterocycles. The predicted octanol–water partition coefficient (Wildman–Crippen LogP) is 2.67. The zero-order valence-corrected chi connectivity index (χ0v) is 7.90. The summed E-state index contributed by atoms with van der Waals surface area (Å²) in [4.78, 5) is 3.53. The quantitative estimate of drug-likeness (QED) is 0.815. The summed E-state index contributed by atoms with van der Waals surface area (Å²) < 4.78 is 24.9. The lowest BCUT2D eigenvalue weighted by Gasteiger charge is -2.06. The van der Waals surface area contributed by atoms with Gasteiger partial charge in [-0.05, 0) is 28.4 Å². The first-order valence-corrected chi connectivity index (χ1v) is 4.02. The molecule has 1 aromatic heterocycles. The molecule has 2 N–H and O–H groups in total. The predicted molar refractivity (Wildman–Crippen MR) is 46.0 cm³/mol. The van der Waals surface area contributed by atoms with Gasteiger partial charge in [0.1, 0.15) is 5.69 Å². The van der Waals surface area contributed by atoms with E-state index in [1.54, 1.807) is 6.92 Å². The summed E-state index contributed by atoms with van der Waals surface area (Å²) in [5.41, 5.74) is 5.98. The molecule has 0 aliphatic rings. The largest absolute Gasteiger partial charge is 0.397 e. The van der Waals surface area contributed by atoms with Crippen LogP contribution in [0.15, 0.2) is 10.7 Å². The molecular formula is C7H7BrF2N2. The lowest BCUT2D eigenvalue weighted by Crippen LogP contribution is -1.98. The highest BCUT2D eigenvalue weighted by molar-refractivity contribution is 9.10. The average Bonchev–Trinajstić information content (AvgIpc) is 2.00. The summed E-state index contributed by atoms with van der Waals surface area (Å²) in [7, 11) is 0. The molecule has 0 atom stereocenters. The monoisotopic (exact) mass is 236 g/mol. The van der Waals surface area contributed by atoms with E-state index in [0.717, 1.165) is 0 Å². The number of nitrogens with zero attached hydrogens (tertiary/aromatic N) is 1. The number of aromatic nitrogens is 1. The van der Waals surface area contributed by atoms with Gasteiger partial charge in [0, 0.05) is 4.47 Å². The van der Waals surface area contributed by atoms with E-state index in [1.165, 1.54) is 6.20 Å². The summed E-state index contributed by atoms with van der Waals surface area (Å²) in [6.07, 6.45) is -1.33. The average molecular weight is 237 g/mol. The maximum absolute atomic E-state index is 12.2. The highest BCUT2D eigenvalue weighted by Crippen LogP contribution is 2.29. The molecule has 0 aliphatic heterocycles. The van der Waals surface area contributed by atoms with Crippen LogP contribution in [0.5, 0.6) is 0 Å². The van der Waals surface area contributed by atoms with Crippen LogP contribution in [0.1, 0.15) is 17.7 Å². The lowest BCUT2D eigenvalue weighted by molar-refractivity contribution is 0.145. The maximum atomic E-state index is 12.2. The van der Waals surface area contributed by atoms with Crippen molar-refractivity contribution >= 4 is 21.6 Å². The Morgan fingerprint density at radius 3 is 2.67 bits per heavy atom. The van der Waals surface area contributed by atoms with Gasteiger partial charge in [-0.15, -0.1) is 0 Å². The fourth-order valence-corrected chi connectivity index (χ4v) is 1.15. The highest BCUT2D eigenvalue weighted by Gasteiger charge is 2.15. The van der Waals surface area contributed by atoms with Crippen LogP contribution in [0.3, 0.4) is 0 Å². The van der Waals surface area contributed by atoms with Crippen LogP contribution < -0.4 is 5.73 Å². The molecule has 0 amide bonds. The van der Waals surface area contributed by atoms with Gasteiger partial charge in [0.2, 0.25) is 0 Å². The molecule has 0 radical (unpaired) electrons. The van der Waals surface area contributed by atoms with Crippen LogP contribution in [0.25, 0.3) is 0 Å². The number of anilines is 1. The van der Waals surface area contributed by atoms with E-state index >= 15 is 0 Å². The molecule has 1 aromatic rings. The van der Waals surface area contributed by atoms with Crippen molar-refractivity contribution in [1.29, 1.82) is 0 Å². The van der Waals surface area contributed by atoms with Gasteiger partial charge >= 0.3 is 0 Å². The van der Waals surface area contributed by atoms with Gasteiger partial charge in [-0.2, -0.15) is 0 Å². The number of nitrogens with two attached hydrogens (primary N) is 1. The number of halogens is 3. The van der Waals surface area contributed by atoms with Crippen LogP contribution in [0.4, 0.5) is 14.5 Å². The fraction of sp³-hybridized carbons (Fsp3) is 0.286. The number of rotatable bonds is 1. The molecule has 0 saturated heterocycles. The Morgan fingerprint density at radius 2 is 2.17 bits per heavy atom. The zero-order chi connectivity index (χ0) is 9.30. The van der Waals surface area contributed by atoms with Crippen molar-refractivity contribution in [2.45, 2.75) is 13.3 Å². The first kappa shape index (κ1) is 9.38. The van der Waals surface area contributed by atoms with Gasteiger partial charge in [0.15, 0.2) is 0 Å². The molecule has 0 unspecified atom stereocenters. The molecule has 0 spiro atoms. The van der Waals surface area contributed by atoms with Crippen molar-refractivity contribution in [3.63, 3.8) is 0 Å². The lowest BCUT2D eigenvalue weighted by atomic mass is 10.2. The Hall–Kier alpha value is -0.710. The van der Waals surface area contributed by atoms with Gasteiger partial charge in [0.05, 0.1) is 11.9 Å². The Morgan fingerprint density at radius 1 is 1.58 bits per heavy atom. The molecule has 0 aromatic carbocycles. The smallest absolute Gasteiger partial charge is 0.280 e. The minimum atomic E-state index is -2.55. The summed E-state index contributed by atoms with van der Waals surface area (Å²) >= 11 is 3.10. The summed E-state index contributed by atoms with van der Waals surface area (Å²) in [5.74, 6) is 0. The van der Waals surface area contributed by atoms with Crippen LogP contribution in [-0.4, -0.2) is 4.98 Å². The number of nitrogen functional groups attached to an aromatic ring is 1. The van der Waals surface area contributed by atoms with Gasteiger partial charge in [-0.25, -0.2) is 8.78 Å². The Labute approximate surface area is 76.9 Å². The van der Waals surface area contributed by atoms with E-state index in [4.69, 9.17) is 5.73 Å². The summed E-state index contributed by atoms with van der Waals surface area (Å²) in [5, 5.41) is 0. The number of hydrogen-bond acceptors (Lipinski definition) is 2. The van der Waals surface area contributed by atoms with Crippen molar-refractivity contribution < 1.29 is 8.78 Å². The topological polar surface area (TPSA) is 38.9 Å². The van der Waals surface area contributed by atoms with Gasteiger partial charge in [-0.3, -0.25) is 4.98 Å². The Kier molecular flexibility index (Phi) is 2.62. The molecule has 0 aliphatic carbocycles. The molecule has 1 rings (SSSR count). The molecule has 2 nitrogen and oxygen atoms in total. The van der Waals surface area contributed by atoms with Crippen LogP contribution in [0, 0.1) is 6.92 Å². The van der Waals surface area contributed by atoms with E-state index in [9.17, 15) is 8.78 Å². The molecule has 0 bridgehead atoms. The van der Waals surface area contributed by atoms with E-state index < -0.39 is 6.43 Å². The molecule has 12 heavy (non-hydrogen) atoms. The Bertz CT molecular complexity index is 302. The van der Waals surface area contributed by atoms with E-state index in [-0.39, 0.29) is 5.69 Å². The zero-order valence-electron chi connectivity index (χ0n) is 6.31. The maximum Gasteiger partial charge on any atom is 0.280 e. The minimum Gasteiger partial charge on any atom is -0.397 e. The standard InChI is InChI=1S/C7H7BrF2N2/c1-3-5(8)4(11)2-12-6(3)7(9)10/h2,7H,11H2,1H3. The SMILES string of the molecule is Cc1c(C(F)F)ncc(N)c1Br. The van der Waals surface area contributed by atoms with E-state index in [2.05, 4.69) is 20.9 Å². The van der Waals surface area contributed by atoms with Crippen LogP contribution >= 0.6 is 15.9 Å². The van der Waals surface area contributed by atoms with Crippen molar-refractivity contribution in [2.75, 3.05) is 5.73 Å². The first-order chi connectivity index (χ1) is 5.54. The van der Waals surface area contributed by atoms with Gasteiger partial charge < -0.3 is 5.73 Å². The van der Waals surface area contributed by atoms with Crippen LogP contribution in [0.2, 0.25) is 0 Å². The summed E-state index contributed by atoms with van der Waals surface area (Å²) in [6, 6.07) is 0. The first-order valence-electron chi connectivity index (χ1n) is 3.22. The summed E-state index contributed by atoms with van der Waals surface area (Å²) in [6.45, 7) is 1.55. The third-order valence-electron chi connectivity index (χ3n) is 1.52. The second-order valence-electron chi connectivity index (χ2n) is 2.34. The van der Waals surface area contributed by atoms with Crippen molar-refractivity contribution in [3.05, 3.63) is 21.9 Å². The molecular weight excluding hydrogens is 230 g/mol. The normalized spacial score (nSPS) is 10.8. The third-order valence-corrected chi connectivity index (χ3v) is 2.57.